The summed E-state index contributed by atoms with van der Waals surface area (Å²) in [4.78, 5) is 10.5. The lowest BCUT2D eigenvalue weighted by Crippen LogP contribution is -2.26. The number of nitrogens with zero attached hydrogens (tertiary/aromatic N) is 3. The fourth-order valence-corrected chi connectivity index (χ4v) is 2.76. The van der Waals surface area contributed by atoms with Gasteiger partial charge in [-0.15, -0.1) is 0 Å². The molecule has 122 valence electrons. The number of nitrogens with one attached hydrogen (secondary N) is 1. The maximum Gasteiger partial charge on any atom is 0.226 e. The van der Waals surface area contributed by atoms with Crippen LogP contribution in [0.25, 0.3) is 0 Å². The van der Waals surface area contributed by atoms with Gasteiger partial charge < -0.3 is 10.1 Å². The van der Waals surface area contributed by atoms with Crippen molar-refractivity contribution in [3.63, 3.8) is 0 Å². The van der Waals surface area contributed by atoms with E-state index in [9.17, 15) is 8.78 Å². The molecule has 0 spiro atoms. The van der Waals surface area contributed by atoms with Gasteiger partial charge in [-0.3, -0.25) is 4.90 Å². The first kappa shape index (κ1) is 15.6. The Balaban J connectivity index is 1.57. The molecule has 1 atom stereocenters. The van der Waals surface area contributed by atoms with E-state index in [1.165, 1.54) is 12.1 Å². The Hall–Kier alpha value is -2.28. The Labute approximate surface area is 133 Å². The third-order valence-corrected chi connectivity index (χ3v) is 3.77. The van der Waals surface area contributed by atoms with Crippen LogP contribution in [0, 0.1) is 11.6 Å². The van der Waals surface area contributed by atoms with Crippen LogP contribution in [0.15, 0.2) is 30.5 Å². The highest BCUT2D eigenvalue weighted by Crippen LogP contribution is 2.18. The lowest BCUT2D eigenvalue weighted by molar-refractivity contribution is 0.327. The largest absolute Gasteiger partial charge is 0.481 e. The van der Waals surface area contributed by atoms with E-state index < -0.39 is 11.6 Å². The molecule has 0 aliphatic carbocycles. The number of likely N-dealkylation sites (tertiary alicyclic amines) is 1. The Bertz CT molecular complexity index is 663. The van der Waals surface area contributed by atoms with Crippen LogP contribution < -0.4 is 10.1 Å². The SMILES string of the molecule is COc1ccnc(NC2CCN(Cc3cc(F)cc(F)c3)C2)n1. The fraction of sp³-hybridized carbons (Fsp3) is 0.375. The van der Waals surface area contributed by atoms with E-state index in [0.29, 0.717) is 23.9 Å². The maximum absolute atomic E-state index is 13.2. The van der Waals surface area contributed by atoms with Crippen LogP contribution in [0.5, 0.6) is 5.88 Å². The molecule has 3 rings (SSSR count). The molecule has 5 nitrogen and oxygen atoms in total. The van der Waals surface area contributed by atoms with Gasteiger partial charge in [0.15, 0.2) is 0 Å². The molecule has 1 saturated heterocycles. The monoisotopic (exact) mass is 320 g/mol. The summed E-state index contributed by atoms with van der Waals surface area (Å²) in [5.74, 6) is -0.0575. The minimum atomic E-state index is -0.543. The van der Waals surface area contributed by atoms with Gasteiger partial charge in [-0.05, 0) is 24.1 Å². The van der Waals surface area contributed by atoms with Gasteiger partial charge in [-0.1, -0.05) is 0 Å². The van der Waals surface area contributed by atoms with E-state index in [1.54, 1.807) is 19.4 Å². The molecule has 1 aliphatic heterocycles. The van der Waals surface area contributed by atoms with Crippen molar-refractivity contribution in [2.24, 2.45) is 0 Å². The number of halogens is 2. The van der Waals surface area contributed by atoms with Gasteiger partial charge in [0.05, 0.1) is 7.11 Å². The van der Waals surface area contributed by atoms with Gasteiger partial charge in [-0.25, -0.2) is 13.8 Å². The molecular formula is C16H18F2N4O. The quantitative estimate of drug-likeness (QED) is 0.917. The number of anilines is 1. The minimum absolute atomic E-state index is 0.195. The Morgan fingerprint density at radius 3 is 2.83 bits per heavy atom. The maximum atomic E-state index is 13.2. The van der Waals surface area contributed by atoms with E-state index in [0.717, 1.165) is 25.6 Å². The molecule has 23 heavy (non-hydrogen) atoms. The molecule has 0 saturated carbocycles. The molecule has 1 unspecified atom stereocenters. The Morgan fingerprint density at radius 2 is 2.09 bits per heavy atom. The second-order valence-corrected chi connectivity index (χ2v) is 5.57. The molecule has 1 aliphatic rings. The molecule has 2 aromatic rings. The van der Waals surface area contributed by atoms with E-state index in [4.69, 9.17) is 4.74 Å². The highest BCUT2D eigenvalue weighted by Gasteiger charge is 2.23. The first-order valence-corrected chi connectivity index (χ1v) is 7.43. The van der Waals surface area contributed by atoms with E-state index in [-0.39, 0.29) is 6.04 Å². The second kappa shape index (κ2) is 6.87. The zero-order chi connectivity index (χ0) is 16.2. The summed E-state index contributed by atoms with van der Waals surface area (Å²) < 4.78 is 31.5. The third kappa shape index (κ3) is 4.13. The van der Waals surface area contributed by atoms with Crippen LogP contribution >= 0.6 is 0 Å². The topological polar surface area (TPSA) is 50.3 Å². The van der Waals surface area contributed by atoms with Crippen molar-refractivity contribution < 1.29 is 13.5 Å². The Morgan fingerprint density at radius 1 is 1.30 bits per heavy atom. The van der Waals surface area contributed by atoms with Crippen molar-refractivity contribution in [1.82, 2.24) is 14.9 Å². The molecular weight excluding hydrogens is 302 g/mol. The van der Waals surface area contributed by atoms with E-state index in [1.807, 2.05) is 0 Å². The van der Waals surface area contributed by atoms with Gasteiger partial charge in [-0.2, -0.15) is 4.98 Å². The molecule has 0 bridgehead atoms. The normalized spacial score (nSPS) is 18.1. The number of aromatic nitrogens is 2. The second-order valence-electron chi connectivity index (χ2n) is 5.57. The minimum Gasteiger partial charge on any atom is -0.481 e. The summed E-state index contributed by atoms with van der Waals surface area (Å²) in [6.07, 6.45) is 2.55. The predicted molar refractivity (Wildman–Crippen MR) is 82.2 cm³/mol. The van der Waals surface area contributed by atoms with Gasteiger partial charge in [0, 0.05) is 44.0 Å². The zero-order valence-electron chi connectivity index (χ0n) is 12.8. The fourth-order valence-electron chi connectivity index (χ4n) is 2.76. The summed E-state index contributed by atoms with van der Waals surface area (Å²) >= 11 is 0. The van der Waals surface area contributed by atoms with E-state index in [2.05, 4.69) is 20.2 Å². The van der Waals surface area contributed by atoms with Crippen LogP contribution in [0.1, 0.15) is 12.0 Å². The molecule has 0 radical (unpaired) electrons. The Kier molecular flexibility index (Phi) is 4.66. The highest BCUT2D eigenvalue weighted by molar-refractivity contribution is 5.29. The highest BCUT2D eigenvalue weighted by atomic mass is 19.1. The van der Waals surface area contributed by atoms with Crippen molar-refractivity contribution in [3.05, 3.63) is 47.7 Å². The number of hydrogen-bond acceptors (Lipinski definition) is 5. The molecule has 1 N–H and O–H groups in total. The average molecular weight is 320 g/mol. The molecule has 2 heterocycles. The van der Waals surface area contributed by atoms with Gasteiger partial charge >= 0.3 is 0 Å². The van der Waals surface area contributed by atoms with Gasteiger partial charge in [0.2, 0.25) is 11.8 Å². The molecule has 1 aromatic carbocycles. The zero-order valence-corrected chi connectivity index (χ0v) is 12.8. The first-order chi connectivity index (χ1) is 11.1. The predicted octanol–water partition coefficient (Wildman–Crippen LogP) is 2.45. The number of ether oxygens (including phenoxy) is 1. The third-order valence-electron chi connectivity index (χ3n) is 3.77. The van der Waals surface area contributed by atoms with Crippen molar-refractivity contribution in [2.75, 3.05) is 25.5 Å². The van der Waals surface area contributed by atoms with Crippen molar-refractivity contribution >= 4 is 5.95 Å². The van der Waals surface area contributed by atoms with Crippen molar-refractivity contribution in [2.45, 2.75) is 19.0 Å². The standard InChI is InChI=1S/C16H18F2N4O/c1-23-15-2-4-19-16(21-15)20-14-3-5-22(10-14)9-11-6-12(17)8-13(18)7-11/h2,4,6-8,14H,3,5,9-10H2,1H3,(H,19,20,21). The molecule has 1 aromatic heterocycles. The number of benzene rings is 1. The van der Waals surface area contributed by atoms with Crippen LogP contribution in [0.3, 0.4) is 0 Å². The average Bonchev–Trinajstić information content (AvgIpc) is 2.93. The molecule has 1 fully saturated rings. The van der Waals surface area contributed by atoms with Crippen LogP contribution in [0.4, 0.5) is 14.7 Å². The molecule has 0 amide bonds. The summed E-state index contributed by atoms with van der Waals surface area (Å²) in [5.41, 5.74) is 0.640. The summed E-state index contributed by atoms with van der Waals surface area (Å²) in [7, 11) is 1.56. The lowest BCUT2D eigenvalue weighted by Gasteiger charge is -2.17. The number of hydrogen-bond donors (Lipinski definition) is 1. The van der Waals surface area contributed by atoms with Gasteiger partial charge in [0.25, 0.3) is 0 Å². The van der Waals surface area contributed by atoms with Crippen LogP contribution in [0.2, 0.25) is 0 Å². The van der Waals surface area contributed by atoms with Crippen molar-refractivity contribution in [1.29, 1.82) is 0 Å². The van der Waals surface area contributed by atoms with Crippen molar-refractivity contribution in [3.8, 4) is 5.88 Å². The van der Waals surface area contributed by atoms with E-state index >= 15 is 0 Å². The smallest absolute Gasteiger partial charge is 0.226 e. The van der Waals surface area contributed by atoms with Gasteiger partial charge in [0.1, 0.15) is 11.6 Å². The lowest BCUT2D eigenvalue weighted by atomic mass is 10.2. The molecule has 7 heteroatoms. The number of methoxy groups -OCH3 is 1. The number of rotatable bonds is 5. The summed E-state index contributed by atoms with van der Waals surface area (Å²) in [6.45, 7) is 2.13. The van der Waals surface area contributed by atoms with Crippen LogP contribution in [-0.4, -0.2) is 41.1 Å². The summed E-state index contributed by atoms with van der Waals surface area (Å²) in [5, 5.41) is 3.26. The first-order valence-electron chi connectivity index (χ1n) is 7.43. The summed E-state index contributed by atoms with van der Waals surface area (Å²) in [6, 6.07) is 5.51. The van der Waals surface area contributed by atoms with Crippen LogP contribution in [-0.2, 0) is 6.54 Å².